The third-order valence-corrected chi connectivity index (χ3v) is 5.10. The van der Waals surface area contributed by atoms with E-state index in [1.165, 1.54) is 16.8 Å². The van der Waals surface area contributed by atoms with E-state index in [9.17, 15) is 14.9 Å². The van der Waals surface area contributed by atoms with E-state index in [0.29, 0.717) is 24.5 Å². The van der Waals surface area contributed by atoms with E-state index in [1.54, 1.807) is 24.0 Å². The lowest BCUT2D eigenvalue weighted by molar-refractivity contribution is -0.384. The maximum atomic E-state index is 13.5. The zero-order chi connectivity index (χ0) is 22.5. The molecule has 4 aromatic rings. The number of nitro benzene ring substituents is 1. The van der Waals surface area contributed by atoms with E-state index in [4.69, 9.17) is 0 Å². The monoisotopic (exact) mass is 427 g/mol. The van der Waals surface area contributed by atoms with E-state index in [-0.39, 0.29) is 17.3 Å². The largest absolute Gasteiger partial charge is 0.329 e. The Kier molecular flexibility index (Phi) is 6.03. The molecular formula is C24H21N5O3. The second kappa shape index (κ2) is 9.22. The molecule has 0 saturated carbocycles. The zero-order valence-electron chi connectivity index (χ0n) is 17.5. The molecule has 1 aromatic heterocycles. The van der Waals surface area contributed by atoms with Crippen molar-refractivity contribution in [1.82, 2.24) is 19.9 Å². The first-order valence-electron chi connectivity index (χ1n) is 10.1. The van der Waals surface area contributed by atoms with Gasteiger partial charge in [-0.05, 0) is 24.1 Å². The van der Waals surface area contributed by atoms with Gasteiger partial charge < -0.3 is 4.90 Å². The lowest BCUT2D eigenvalue weighted by Crippen LogP contribution is -2.31. The van der Waals surface area contributed by atoms with Crippen molar-refractivity contribution in [3.63, 3.8) is 0 Å². The third kappa shape index (κ3) is 4.54. The first-order chi connectivity index (χ1) is 15.5. The Hall–Kier alpha value is -4.33. The number of nitrogens with zero attached hydrogens (tertiary/aromatic N) is 5. The van der Waals surface area contributed by atoms with Crippen molar-refractivity contribution >= 4 is 11.6 Å². The molecule has 3 aromatic carbocycles. The van der Waals surface area contributed by atoms with Gasteiger partial charge in [0, 0.05) is 25.2 Å². The van der Waals surface area contributed by atoms with Gasteiger partial charge in [0.1, 0.15) is 0 Å². The Bertz CT molecular complexity index is 1200. The van der Waals surface area contributed by atoms with Gasteiger partial charge in [0.2, 0.25) is 0 Å². The van der Waals surface area contributed by atoms with Crippen LogP contribution in [0.4, 0.5) is 5.69 Å². The van der Waals surface area contributed by atoms with Gasteiger partial charge in [-0.3, -0.25) is 14.9 Å². The number of non-ortho nitro benzene ring substituents is 1. The van der Waals surface area contributed by atoms with Crippen LogP contribution in [-0.4, -0.2) is 30.7 Å². The molecule has 0 atom stereocenters. The summed E-state index contributed by atoms with van der Waals surface area (Å²) in [5.41, 5.74) is 3.15. The van der Waals surface area contributed by atoms with Gasteiger partial charge in [0.25, 0.3) is 11.6 Å². The first-order valence-corrected chi connectivity index (χ1v) is 10.1. The molecule has 0 aliphatic heterocycles. The van der Waals surface area contributed by atoms with E-state index in [2.05, 4.69) is 10.3 Å². The summed E-state index contributed by atoms with van der Waals surface area (Å²) in [6.07, 6.45) is 0. The minimum absolute atomic E-state index is 0.0555. The molecule has 32 heavy (non-hydrogen) atoms. The molecule has 160 valence electrons. The molecule has 0 saturated heterocycles. The van der Waals surface area contributed by atoms with E-state index < -0.39 is 4.92 Å². The quantitative estimate of drug-likeness (QED) is 0.323. The van der Waals surface area contributed by atoms with Crippen molar-refractivity contribution in [2.45, 2.75) is 20.0 Å². The number of carbonyl (C=O) groups is 1. The number of hydrogen-bond donors (Lipinski definition) is 0. The molecule has 0 N–H and O–H groups in total. The highest BCUT2D eigenvalue weighted by molar-refractivity contribution is 5.93. The molecule has 4 rings (SSSR count). The van der Waals surface area contributed by atoms with Gasteiger partial charge in [-0.2, -0.15) is 0 Å². The average molecular weight is 427 g/mol. The Balaban J connectivity index is 1.66. The smallest absolute Gasteiger partial charge is 0.276 e. The number of carbonyl (C=O) groups excluding carboxylic acids is 1. The van der Waals surface area contributed by atoms with Crippen LogP contribution >= 0.6 is 0 Å². The van der Waals surface area contributed by atoms with Crippen LogP contribution in [-0.2, 0) is 13.1 Å². The summed E-state index contributed by atoms with van der Waals surface area (Å²) in [6.45, 7) is 2.56. The molecule has 0 spiro atoms. The maximum Gasteiger partial charge on any atom is 0.276 e. The van der Waals surface area contributed by atoms with Crippen molar-refractivity contribution < 1.29 is 9.72 Å². The lowest BCUT2D eigenvalue weighted by atomic mass is 10.1. The summed E-state index contributed by atoms with van der Waals surface area (Å²) < 4.78 is 1.45. The second-order valence-electron chi connectivity index (χ2n) is 7.34. The Morgan fingerprint density at radius 1 is 0.938 bits per heavy atom. The Morgan fingerprint density at radius 2 is 1.53 bits per heavy atom. The highest BCUT2D eigenvalue weighted by atomic mass is 16.6. The van der Waals surface area contributed by atoms with Gasteiger partial charge in [-0.1, -0.05) is 71.9 Å². The van der Waals surface area contributed by atoms with Crippen LogP contribution in [0.1, 0.15) is 27.3 Å². The summed E-state index contributed by atoms with van der Waals surface area (Å²) in [6, 6.07) is 25.6. The van der Waals surface area contributed by atoms with Crippen molar-refractivity contribution in [2.75, 3.05) is 0 Å². The SMILES string of the molecule is Cc1c(C(=O)N(Cc2ccccc2)Cc2ccccc2)nnn1-c1cccc([N+](=O)[O-])c1. The van der Waals surface area contributed by atoms with Gasteiger partial charge in [-0.15, -0.1) is 5.10 Å². The van der Waals surface area contributed by atoms with Crippen molar-refractivity contribution in [3.05, 3.63) is 118 Å². The Morgan fingerprint density at radius 3 is 2.09 bits per heavy atom. The van der Waals surface area contributed by atoms with Gasteiger partial charge in [-0.25, -0.2) is 4.68 Å². The molecule has 0 bridgehead atoms. The molecule has 0 fully saturated rings. The van der Waals surface area contributed by atoms with Crippen molar-refractivity contribution in [1.29, 1.82) is 0 Å². The number of hydrogen-bond acceptors (Lipinski definition) is 5. The molecule has 1 heterocycles. The van der Waals surface area contributed by atoms with Gasteiger partial charge in [0.15, 0.2) is 5.69 Å². The standard InChI is InChI=1S/C24H21N5O3/c1-18-23(25-26-28(18)21-13-8-14-22(15-21)29(31)32)24(30)27(16-19-9-4-2-5-10-19)17-20-11-6-3-7-12-20/h2-15H,16-17H2,1H3. The van der Waals surface area contributed by atoms with Crippen LogP contribution in [0.5, 0.6) is 0 Å². The van der Waals surface area contributed by atoms with Crippen LogP contribution in [0.3, 0.4) is 0 Å². The fraction of sp³-hybridized carbons (Fsp3) is 0.125. The van der Waals surface area contributed by atoms with Crippen LogP contribution in [0.25, 0.3) is 5.69 Å². The van der Waals surface area contributed by atoms with Crippen LogP contribution in [0, 0.1) is 17.0 Å². The summed E-state index contributed by atoms with van der Waals surface area (Å²) in [4.78, 5) is 25.9. The lowest BCUT2D eigenvalue weighted by Gasteiger charge is -2.22. The third-order valence-electron chi connectivity index (χ3n) is 5.10. The number of amides is 1. The first kappa shape index (κ1) is 20.9. The molecule has 8 nitrogen and oxygen atoms in total. The van der Waals surface area contributed by atoms with Crippen LogP contribution < -0.4 is 0 Å². The minimum atomic E-state index is -0.469. The summed E-state index contributed by atoms with van der Waals surface area (Å²) >= 11 is 0. The van der Waals surface area contributed by atoms with Gasteiger partial charge >= 0.3 is 0 Å². The fourth-order valence-electron chi connectivity index (χ4n) is 3.47. The summed E-state index contributed by atoms with van der Waals surface area (Å²) in [5.74, 6) is -0.258. The summed E-state index contributed by atoms with van der Waals surface area (Å²) in [5, 5.41) is 19.3. The molecule has 0 unspecified atom stereocenters. The highest BCUT2D eigenvalue weighted by Crippen LogP contribution is 2.20. The number of nitro groups is 1. The number of aromatic nitrogens is 3. The second-order valence-corrected chi connectivity index (χ2v) is 7.34. The normalized spacial score (nSPS) is 10.7. The predicted molar refractivity (Wildman–Crippen MR) is 119 cm³/mol. The summed E-state index contributed by atoms with van der Waals surface area (Å²) in [7, 11) is 0. The van der Waals surface area contributed by atoms with Crippen LogP contribution in [0.2, 0.25) is 0 Å². The van der Waals surface area contributed by atoms with Crippen molar-refractivity contribution in [3.8, 4) is 5.69 Å². The topological polar surface area (TPSA) is 94.2 Å². The van der Waals surface area contributed by atoms with Gasteiger partial charge in [0.05, 0.1) is 16.3 Å². The molecule has 8 heteroatoms. The van der Waals surface area contributed by atoms with Crippen molar-refractivity contribution in [2.24, 2.45) is 0 Å². The molecule has 0 aliphatic rings. The minimum Gasteiger partial charge on any atom is -0.329 e. The molecule has 0 aliphatic carbocycles. The van der Waals surface area contributed by atoms with Crippen LogP contribution in [0.15, 0.2) is 84.9 Å². The number of rotatable bonds is 7. The van der Waals surface area contributed by atoms with E-state index in [1.807, 2.05) is 60.7 Å². The zero-order valence-corrected chi connectivity index (χ0v) is 17.5. The predicted octanol–water partition coefficient (Wildman–Crippen LogP) is 4.33. The molecule has 1 amide bonds. The maximum absolute atomic E-state index is 13.5. The number of benzene rings is 3. The molecule has 0 radical (unpaired) electrons. The average Bonchev–Trinajstić information content (AvgIpc) is 3.21. The Labute approximate surface area is 184 Å². The van der Waals surface area contributed by atoms with E-state index in [0.717, 1.165) is 11.1 Å². The highest BCUT2D eigenvalue weighted by Gasteiger charge is 2.24. The molecular weight excluding hydrogens is 406 g/mol. The van der Waals surface area contributed by atoms with E-state index >= 15 is 0 Å². The fourth-order valence-corrected chi connectivity index (χ4v) is 3.47.